The maximum absolute atomic E-state index is 12.9. The maximum atomic E-state index is 12.9. The van der Waals surface area contributed by atoms with Crippen molar-refractivity contribution in [1.29, 1.82) is 0 Å². The predicted molar refractivity (Wildman–Crippen MR) is 117 cm³/mol. The zero-order valence-corrected chi connectivity index (χ0v) is 19.4. The number of amides is 3. The number of unbranched alkanes of at least 4 members (excludes halogenated alkanes) is 5. The highest BCUT2D eigenvalue weighted by molar-refractivity contribution is 7.99. The first-order chi connectivity index (χ1) is 16.0. The lowest BCUT2D eigenvalue weighted by Gasteiger charge is -2.29. The summed E-state index contributed by atoms with van der Waals surface area (Å²) in [5.41, 5.74) is 1.43. The van der Waals surface area contributed by atoms with E-state index in [0.717, 1.165) is 35.5 Å². The highest BCUT2D eigenvalue weighted by atomic mass is 32.2. The number of hydrogen-bond acceptors (Lipinski definition) is 4. The lowest BCUT2D eigenvalue weighted by Crippen LogP contribution is -2.52. The van der Waals surface area contributed by atoms with E-state index >= 15 is 0 Å². The molecule has 0 bridgehead atoms. The SMILES string of the molecule is O=C1CCC(N2Cc3c(SCCCCCCCCC(F)(F)C(F)(F)F)cccc3C2=O)C(=O)N1. The van der Waals surface area contributed by atoms with Gasteiger partial charge in [0.2, 0.25) is 11.8 Å². The Morgan fingerprint density at radius 2 is 1.65 bits per heavy atom. The number of nitrogens with zero attached hydrogens (tertiary/aromatic N) is 1. The summed E-state index contributed by atoms with van der Waals surface area (Å²) in [5, 5.41) is 2.28. The Labute approximate surface area is 198 Å². The van der Waals surface area contributed by atoms with Gasteiger partial charge in [-0.2, -0.15) is 22.0 Å². The van der Waals surface area contributed by atoms with Crippen LogP contribution in [0.2, 0.25) is 0 Å². The van der Waals surface area contributed by atoms with Crippen LogP contribution in [0.1, 0.15) is 73.7 Å². The number of carbonyl (C=O) groups excluding carboxylic acids is 3. The van der Waals surface area contributed by atoms with Crippen LogP contribution in [0.3, 0.4) is 0 Å². The van der Waals surface area contributed by atoms with Gasteiger partial charge in [-0.25, -0.2) is 0 Å². The Hall–Kier alpha value is -2.17. The molecule has 0 saturated carbocycles. The molecule has 1 aromatic carbocycles. The molecule has 1 atom stereocenters. The van der Waals surface area contributed by atoms with Crippen LogP contribution in [-0.4, -0.2) is 46.5 Å². The van der Waals surface area contributed by atoms with Crippen molar-refractivity contribution < 1.29 is 36.3 Å². The van der Waals surface area contributed by atoms with Crippen LogP contribution < -0.4 is 5.32 Å². The van der Waals surface area contributed by atoms with Crippen LogP contribution in [-0.2, 0) is 16.1 Å². The van der Waals surface area contributed by atoms with Crippen LogP contribution in [0.15, 0.2) is 23.1 Å². The van der Waals surface area contributed by atoms with Gasteiger partial charge in [0.1, 0.15) is 6.04 Å². The molecule has 0 aromatic heterocycles. The van der Waals surface area contributed by atoms with Crippen molar-refractivity contribution in [3.05, 3.63) is 29.3 Å². The molecule has 188 valence electrons. The molecular weight excluding hydrogens is 479 g/mol. The molecule has 0 aliphatic carbocycles. The van der Waals surface area contributed by atoms with Gasteiger partial charge in [-0.3, -0.25) is 19.7 Å². The number of halogens is 5. The van der Waals surface area contributed by atoms with Crippen molar-refractivity contribution in [3.63, 3.8) is 0 Å². The summed E-state index contributed by atoms with van der Waals surface area (Å²) in [6.07, 6.45) is -2.92. The number of rotatable bonds is 11. The van der Waals surface area contributed by atoms with Crippen molar-refractivity contribution in [2.75, 3.05) is 5.75 Å². The second kappa shape index (κ2) is 11.0. The van der Waals surface area contributed by atoms with Gasteiger partial charge in [-0.05, 0) is 42.7 Å². The number of thioether (sulfide) groups is 1. The van der Waals surface area contributed by atoms with Crippen LogP contribution in [0, 0.1) is 0 Å². The third kappa shape index (κ3) is 6.28. The molecule has 5 nitrogen and oxygen atoms in total. The molecule has 2 aliphatic heterocycles. The Balaban J connectivity index is 1.39. The molecule has 3 amide bonds. The van der Waals surface area contributed by atoms with Crippen molar-refractivity contribution in [2.24, 2.45) is 0 Å². The fraction of sp³-hybridized carbons (Fsp3) is 0.609. The number of alkyl halides is 5. The topological polar surface area (TPSA) is 66.5 Å². The van der Waals surface area contributed by atoms with E-state index < -0.39 is 30.5 Å². The van der Waals surface area contributed by atoms with E-state index in [-0.39, 0.29) is 24.7 Å². The Bertz CT molecular complexity index is 922. The van der Waals surface area contributed by atoms with Crippen LogP contribution in [0.5, 0.6) is 0 Å². The maximum Gasteiger partial charge on any atom is 0.453 e. The second-order valence-corrected chi connectivity index (χ2v) is 9.74. The van der Waals surface area contributed by atoms with Crippen molar-refractivity contribution in [3.8, 4) is 0 Å². The van der Waals surface area contributed by atoms with E-state index in [1.165, 1.54) is 4.90 Å². The summed E-state index contributed by atoms with van der Waals surface area (Å²) in [6, 6.07) is 4.79. The van der Waals surface area contributed by atoms with Crippen LogP contribution >= 0.6 is 11.8 Å². The third-order valence-electron chi connectivity index (χ3n) is 6.10. The van der Waals surface area contributed by atoms with E-state index in [1.54, 1.807) is 23.9 Å². The minimum Gasteiger partial charge on any atom is -0.322 e. The molecule has 2 aliphatic rings. The van der Waals surface area contributed by atoms with Crippen LogP contribution in [0.4, 0.5) is 22.0 Å². The third-order valence-corrected chi connectivity index (χ3v) is 7.28. The van der Waals surface area contributed by atoms with E-state index in [1.807, 2.05) is 6.07 Å². The van der Waals surface area contributed by atoms with E-state index in [9.17, 15) is 36.3 Å². The molecule has 1 aromatic rings. The molecule has 0 spiro atoms. The summed E-state index contributed by atoms with van der Waals surface area (Å²) in [6.45, 7) is 0.312. The van der Waals surface area contributed by atoms with Gasteiger partial charge in [0, 0.05) is 29.8 Å². The first-order valence-electron chi connectivity index (χ1n) is 11.3. The fourth-order valence-corrected chi connectivity index (χ4v) is 5.26. The normalized spacial score (nSPS) is 18.9. The van der Waals surface area contributed by atoms with Crippen molar-refractivity contribution in [1.82, 2.24) is 10.2 Å². The second-order valence-electron chi connectivity index (χ2n) is 8.60. The Morgan fingerprint density at radius 3 is 2.32 bits per heavy atom. The number of hydrogen-bond donors (Lipinski definition) is 1. The molecule has 11 heteroatoms. The zero-order chi connectivity index (χ0) is 24.9. The lowest BCUT2D eigenvalue weighted by molar-refractivity contribution is -0.284. The highest BCUT2D eigenvalue weighted by Crippen LogP contribution is 2.39. The van der Waals surface area contributed by atoms with Gasteiger partial charge in [0.15, 0.2) is 0 Å². The number of nitrogens with one attached hydrogen (secondary N) is 1. The van der Waals surface area contributed by atoms with Gasteiger partial charge in [-0.1, -0.05) is 31.7 Å². The minimum atomic E-state index is -5.48. The Morgan fingerprint density at radius 1 is 0.971 bits per heavy atom. The van der Waals surface area contributed by atoms with Crippen LogP contribution in [0.25, 0.3) is 0 Å². The molecule has 1 N–H and O–H groups in total. The number of fused-ring (bicyclic) bond motifs is 1. The van der Waals surface area contributed by atoms with E-state index in [0.29, 0.717) is 31.4 Å². The lowest BCUT2D eigenvalue weighted by atomic mass is 10.0. The number of carbonyl (C=O) groups is 3. The number of piperidine rings is 1. The molecule has 34 heavy (non-hydrogen) atoms. The summed E-state index contributed by atoms with van der Waals surface area (Å²) in [5.74, 6) is -4.85. The molecule has 1 fully saturated rings. The zero-order valence-electron chi connectivity index (χ0n) is 18.6. The van der Waals surface area contributed by atoms with Gasteiger partial charge in [-0.15, -0.1) is 11.8 Å². The average Bonchev–Trinajstić information content (AvgIpc) is 3.09. The summed E-state index contributed by atoms with van der Waals surface area (Å²) in [4.78, 5) is 38.9. The van der Waals surface area contributed by atoms with Crippen molar-refractivity contribution >= 4 is 29.5 Å². The van der Waals surface area contributed by atoms with Crippen molar-refractivity contribution in [2.45, 2.75) is 87.4 Å². The standard InChI is InChI=1S/C23H27F5N2O3S/c24-22(25,23(26,27)28)12-5-3-1-2-4-6-13-34-18-9-7-8-15-16(18)14-30(21(15)33)17-10-11-19(31)29-20(17)32/h7-9,17H,1-6,10-14H2,(H,29,31,32). The van der Waals surface area contributed by atoms with Gasteiger partial charge in [0.05, 0.1) is 0 Å². The summed E-state index contributed by atoms with van der Waals surface area (Å²) < 4.78 is 62.1. The first kappa shape index (κ1) is 26.4. The number of benzene rings is 1. The van der Waals surface area contributed by atoms with Gasteiger partial charge in [0.25, 0.3) is 5.91 Å². The smallest absolute Gasteiger partial charge is 0.322 e. The average molecular weight is 507 g/mol. The molecule has 2 heterocycles. The Kier molecular flexibility index (Phi) is 8.59. The van der Waals surface area contributed by atoms with Gasteiger partial charge >= 0.3 is 12.1 Å². The monoisotopic (exact) mass is 506 g/mol. The molecule has 0 radical (unpaired) electrons. The molecule has 3 rings (SSSR count). The highest BCUT2D eigenvalue weighted by Gasteiger charge is 2.56. The quantitative estimate of drug-likeness (QED) is 0.187. The largest absolute Gasteiger partial charge is 0.453 e. The molecular formula is C23H27F5N2O3S. The summed E-state index contributed by atoms with van der Waals surface area (Å²) in [7, 11) is 0. The predicted octanol–water partition coefficient (Wildman–Crippen LogP) is 5.47. The number of imide groups is 1. The van der Waals surface area contributed by atoms with E-state index in [2.05, 4.69) is 5.32 Å². The minimum absolute atomic E-state index is 0.158. The molecule has 1 saturated heterocycles. The molecule has 1 unspecified atom stereocenters. The fourth-order valence-electron chi connectivity index (χ4n) is 4.17. The van der Waals surface area contributed by atoms with Gasteiger partial charge < -0.3 is 4.90 Å². The first-order valence-corrected chi connectivity index (χ1v) is 12.3. The summed E-state index contributed by atoms with van der Waals surface area (Å²) >= 11 is 1.59. The van der Waals surface area contributed by atoms with E-state index in [4.69, 9.17) is 0 Å².